The van der Waals surface area contributed by atoms with Crippen LogP contribution >= 0.6 is 11.6 Å². The van der Waals surface area contributed by atoms with Gasteiger partial charge in [-0.2, -0.15) is 14.5 Å². The molecule has 0 saturated heterocycles. The van der Waals surface area contributed by atoms with E-state index in [0.717, 1.165) is 16.7 Å². The number of sulfonamides is 1. The predicted octanol–water partition coefficient (Wildman–Crippen LogP) is 4.72. The monoisotopic (exact) mass is 473 g/mol. The van der Waals surface area contributed by atoms with Crippen molar-refractivity contribution < 1.29 is 18.3 Å². The summed E-state index contributed by atoms with van der Waals surface area (Å²) >= 11 is 6.18. The number of rotatable bonds is 9. The molecule has 3 rings (SSSR count). The van der Waals surface area contributed by atoms with E-state index in [2.05, 4.69) is 10.2 Å². The van der Waals surface area contributed by atoms with Crippen molar-refractivity contribution in [2.75, 3.05) is 6.54 Å². The van der Waals surface area contributed by atoms with Crippen LogP contribution in [0.25, 0.3) is 11.1 Å². The molecule has 9 heteroatoms. The molecule has 1 atom stereocenters. The van der Waals surface area contributed by atoms with Gasteiger partial charge >= 0.3 is 5.97 Å². The van der Waals surface area contributed by atoms with Gasteiger partial charge in [-0.3, -0.25) is 4.79 Å². The average molecular weight is 474 g/mol. The van der Waals surface area contributed by atoms with E-state index in [4.69, 9.17) is 16.7 Å². The third kappa shape index (κ3) is 5.32. The zero-order valence-corrected chi connectivity index (χ0v) is 19.3. The number of aromatic nitrogens is 2. The molecular formula is C23H24ClN3O4S. The lowest BCUT2D eigenvalue weighted by molar-refractivity contribution is -0.137. The quantitative estimate of drug-likeness (QED) is 0.482. The molecule has 0 spiro atoms. The average Bonchev–Trinajstić information content (AvgIpc) is 2.78. The van der Waals surface area contributed by atoms with Gasteiger partial charge in [0.2, 0.25) is 10.0 Å². The Morgan fingerprint density at radius 3 is 2.56 bits per heavy atom. The second-order valence-electron chi connectivity index (χ2n) is 7.41. The zero-order valence-electron chi connectivity index (χ0n) is 17.8. The van der Waals surface area contributed by atoms with Crippen LogP contribution in [-0.4, -0.2) is 40.5 Å². The van der Waals surface area contributed by atoms with E-state index in [9.17, 15) is 13.2 Å². The van der Waals surface area contributed by atoms with E-state index in [1.165, 1.54) is 10.4 Å². The van der Waals surface area contributed by atoms with Crippen molar-refractivity contribution in [3.8, 4) is 11.1 Å². The fourth-order valence-electron chi connectivity index (χ4n) is 3.51. The Kier molecular flexibility index (Phi) is 7.60. The fourth-order valence-corrected chi connectivity index (χ4v) is 5.65. The van der Waals surface area contributed by atoms with Crippen LogP contribution in [0.5, 0.6) is 0 Å². The first kappa shape index (κ1) is 23.8. The van der Waals surface area contributed by atoms with E-state index < -0.39 is 22.0 Å². The van der Waals surface area contributed by atoms with Gasteiger partial charge in [0.1, 0.15) is 0 Å². The van der Waals surface area contributed by atoms with Crippen molar-refractivity contribution in [1.29, 1.82) is 0 Å². The standard InChI is InChI=1S/C23H24ClN3O4S/c1-16-21(24)8-4-9-22(16)32(30,31)27(13-5-10-23(28)29)17(2)18-6-3-7-19(14-18)20-11-12-25-26-15-20/h3-4,6-9,11-12,14-15,17H,5,10,13H2,1-2H3,(H,28,29). The number of aliphatic carboxylic acids is 1. The maximum absolute atomic E-state index is 13.7. The lowest BCUT2D eigenvalue weighted by Gasteiger charge is -2.29. The van der Waals surface area contributed by atoms with Gasteiger partial charge in [0.05, 0.1) is 17.3 Å². The van der Waals surface area contributed by atoms with Gasteiger partial charge in [0, 0.05) is 29.6 Å². The van der Waals surface area contributed by atoms with Crippen molar-refractivity contribution in [3.05, 3.63) is 77.1 Å². The molecule has 0 fully saturated rings. The Balaban J connectivity index is 2.02. The summed E-state index contributed by atoms with van der Waals surface area (Å²) in [5.74, 6) is -0.971. The maximum Gasteiger partial charge on any atom is 0.303 e. The molecule has 3 aromatic rings. The number of carboxylic acid groups (broad SMARTS) is 1. The summed E-state index contributed by atoms with van der Waals surface area (Å²) in [4.78, 5) is 11.2. The number of carbonyl (C=O) groups is 1. The summed E-state index contributed by atoms with van der Waals surface area (Å²) in [6.45, 7) is 3.51. The van der Waals surface area contributed by atoms with Crippen molar-refractivity contribution in [3.63, 3.8) is 0 Å². The number of hydrogen-bond acceptors (Lipinski definition) is 5. The number of hydrogen-bond donors (Lipinski definition) is 1. The fraction of sp³-hybridized carbons (Fsp3) is 0.261. The van der Waals surface area contributed by atoms with E-state index >= 15 is 0 Å². The Morgan fingerprint density at radius 1 is 1.12 bits per heavy atom. The van der Waals surface area contributed by atoms with Crippen LogP contribution in [-0.2, 0) is 14.8 Å². The van der Waals surface area contributed by atoms with E-state index in [0.29, 0.717) is 10.6 Å². The second-order valence-corrected chi connectivity index (χ2v) is 9.67. The van der Waals surface area contributed by atoms with Crippen molar-refractivity contribution in [1.82, 2.24) is 14.5 Å². The summed E-state index contributed by atoms with van der Waals surface area (Å²) in [6.07, 6.45) is 3.29. The minimum atomic E-state index is -3.94. The molecule has 1 N–H and O–H groups in total. The highest BCUT2D eigenvalue weighted by atomic mass is 35.5. The zero-order chi connectivity index (χ0) is 23.3. The molecule has 0 bridgehead atoms. The largest absolute Gasteiger partial charge is 0.481 e. The highest BCUT2D eigenvalue weighted by Crippen LogP contribution is 2.33. The van der Waals surface area contributed by atoms with E-state index in [1.807, 2.05) is 30.3 Å². The number of benzene rings is 2. The molecule has 168 valence electrons. The summed E-state index contributed by atoms with van der Waals surface area (Å²) in [5.41, 5.74) is 2.98. The Labute approximate surface area is 192 Å². The van der Waals surface area contributed by atoms with Crippen LogP contribution in [0.4, 0.5) is 0 Å². The Bertz CT molecular complexity index is 1200. The Morgan fingerprint density at radius 2 is 1.88 bits per heavy atom. The Hall–Kier alpha value is -2.81. The van der Waals surface area contributed by atoms with Gasteiger partial charge < -0.3 is 5.11 Å². The third-order valence-electron chi connectivity index (χ3n) is 5.29. The molecule has 0 saturated carbocycles. The number of halogens is 1. The van der Waals surface area contributed by atoms with Crippen LogP contribution < -0.4 is 0 Å². The third-order valence-corrected chi connectivity index (χ3v) is 7.82. The van der Waals surface area contributed by atoms with Gasteiger partial charge in [-0.15, -0.1) is 0 Å². The van der Waals surface area contributed by atoms with Gasteiger partial charge in [-0.1, -0.05) is 35.9 Å². The maximum atomic E-state index is 13.7. The molecule has 0 aliphatic carbocycles. The topological polar surface area (TPSA) is 100 Å². The van der Waals surface area contributed by atoms with Crippen LogP contribution in [0.2, 0.25) is 5.02 Å². The summed E-state index contributed by atoms with van der Waals surface area (Å²) in [6, 6.07) is 13.6. The van der Waals surface area contributed by atoms with Crippen molar-refractivity contribution in [2.24, 2.45) is 0 Å². The predicted molar refractivity (Wildman–Crippen MR) is 123 cm³/mol. The lowest BCUT2D eigenvalue weighted by atomic mass is 10.0. The molecule has 1 unspecified atom stereocenters. The molecule has 0 amide bonds. The highest BCUT2D eigenvalue weighted by molar-refractivity contribution is 7.89. The second kappa shape index (κ2) is 10.2. The molecule has 0 radical (unpaired) electrons. The summed E-state index contributed by atoms with van der Waals surface area (Å²) in [7, 11) is -3.94. The molecule has 1 heterocycles. The molecule has 1 aromatic heterocycles. The first-order valence-corrected chi connectivity index (χ1v) is 11.9. The summed E-state index contributed by atoms with van der Waals surface area (Å²) in [5, 5.41) is 17.1. The molecule has 7 nitrogen and oxygen atoms in total. The van der Waals surface area contributed by atoms with Crippen LogP contribution in [0.3, 0.4) is 0 Å². The molecule has 0 aliphatic heterocycles. The van der Waals surface area contributed by atoms with Crippen molar-refractivity contribution in [2.45, 2.75) is 37.6 Å². The minimum Gasteiger partial charge on any atom is -0.481 e. The number of nitrogens with zero attached hydrogens (tertiary/aromatic N) is 3. The molecular weight excluding hydrogens is 450 g/mol. The van der Waals surface area contributed by atoms with Crippen LogP contribution in [0.15, 0.2) is 65.8 Å². The summed E-state index contributed by atoms with van der Waals surface area (Å²) < 4.78 is 28.7. The van der Waals surface area contributed by atoms with Crippen LogP contribution in [0.1, 0.15) is 36.9 Å². The smallest absolute Gasteiger partial charge is 0.303 e. The first-order chi connectivity index (χ1) is 15.2. The molecule has 2 aromatic carbocycles. The van der Waals surface area contributed by atoms with Crippen molar-refractivity contribution >= 4 is 27.6 Å². The van der Waals surface area contributed by atoms with E-state index in [1.54, 1.807) is 38.4 Å². The molecule has 0 aliphatic rings. The van der Waals surface area contributed by atoms with Gasteiger partial charge in [-0.05, 0) is 61.2 Å². The van der Waals surface area contributed by atoms with Crippen LogP contribution in [0, 0.1) is 6.92 Å². The normalized spacial score (nSPS) is 12.6. The lowest BCUT2D eigenvalue weighted by Crippen LogP contribution is -2.35. The molecule has 32 heavy (non-hydrogen) atoms. The number of carboxylic acids is 1. The van der Waals surface area contributed by atoms with E-state index in [-0.39, 0.29) is 24.3 Å². The van der Waals surface area contributed by atoms with Gasteiger partial charge in [-0.25, -0.2) is 8.42 Å². The SMILES string of the molecule is Cc1c(Cl)cccc1S(=O)(=O)N(CCCC(=O)O)C(C)c1cccc(-c2ccnnc2)c1. The van der Waals surface area contributed by atoms with Gasteiger partial charge in [0.15, 0.2) is 0 Å². The first-order valence-electron chi connectivity index (χ1n) is 10.1. The highest BCUT2D eigenvalue weighted by Gasteiger charge is 2.31. The van der Waals surface area contributed by atoms with Gasteiger partial charge in [0.25, 0.3) is 0 Å². The minimum absolute atomic E-state index is 0.0583.